The van der Waals surface area contributed by atoms with E-state index in [1.54, 1.807) is 0 Å². The summed E-state index contributed by atoms with van der Waals surface area (Å²) >= 11 is 0. The van der Waals surface area contributed by atoms with Gasteiger partial charge in [0, 0.05) is 6.42 Å². The van der Waals surface area contributed by atoms with E-state index in [2.05, 4.69) is 4.74 Å². The summed E-state index contributed by atoms with van der Waals surface area (Å²) in [4.78, 5) is 10.9. The van der Waals surface area contributed by atoms with Crippen LogP contribution < -0.4 is 0 Å². The van der Waals surface area contributed by atoms with Crippen LogP contribution in [-0.4, -0.2) is 24.3 Å². The molecule has 1 aliphatic carbocycles. The first kappa shape index (κ1) is 11.5. The second kappa shape index (κ2) is 6.02. The second-order valence-corrected chi connectivity index (χ2v) is 4.08. The van der Waals surface area contributed by atoms with Crippen LogP contribution in [0.25, 0.3) is 0 Å². The lowest BCUT2D eigenvalue weighted by atomic mass is 9.84. The van der Waals surface area contributed by atoms with Gasteiger partial charge >= 0.3 is 5.97 Å². The number of methoxy groups -OCH3 is 1. The molecule has 0 aromatic carbocycles. The molecule has 1 fully saturated rings. The lowest BCUT2D eigenvalue weighted by molar-refractivity contribution is -0.141. The third kappa shape index (κ3) is 3.66. The van der Waals surface area contributed by atoms with Gasteiger partial charge in [-0.05, 0) is 25.2 Å². The van der Waals surface area contributed by atoms with E-state index < -0.39 is 0 Å². The summed E-state index contributed by atoms with van der Waals surface area (Å²) in [7, 11) is 1.38. The van der Waals surface area contributed by atoms with Gasteiger partial charge in [0.15, 0.2) is 0 Å². The number of aliphatic hydroxyl groups is 1. The summed E-state index contributed by atoms with van der Waals surface area (Å²) in [5.74, 6) is 0.188. The topological polar surface area (TPSA) is 46.5 Å². The molecule has 0 spiro atoms. The first-order valence-electron chi connectivity index (χ1n) is 5.49. The predicted molar refractivity (Wildman–Crippen MR) is 53.8 cm³/mol. The van der Waals surface area contributed by atoms with E-state index >= 15 is 0 Å². The van der Waals surface area contributed by atoms with Crippen molar-refractivity contribution in [3.63, 3.8) is 0 Å². The Bertz CT molecular complexity index is 173. The minimum absolute atomic E-state index is 0.222. The van der Waals surface area contributed by atoms with Crippen LogP contribution in [0.1, 0.15) is 44.9 Å². The zero-order valence-electron chi connectivity index (χ0n) is 8.87. The van der Waals surface area contributed by atoms with Crippen LogP contribution in [0.3, 0.4) is 0 Å². The number of hydrogen-bond donors (Lipinski definition) is 1. The molecule has 1 atom stereocenters. The van der Waals surface area contributed by atoms with Gasteiger partial charge in [-0.15, -0.1) is 0 Å². The minimum Gasteiger partial charge on any atom is -0.469 e. The van der Waals surface area contributed by atoms with Crippen molar-refractivity contribution in [1.29, 1.82) is 0 Å². The van der Waals surface area contributed by atoms with E-state index in [9.17, 15) is 9.90 Å². The Balaban J connectivity index is 2.19. The molecule has 82 valence electrons. The summed E-state index contributed by atoms with van der Waals surface area (Å²) < 4.78 is 4.54. The van der Waals surface area contributed by atoms with Gasteiger partial charge in [-0.1, -0.05) is 19.3 Å². The van der Waals surface area contributed by atoms with E-state index in [0.717, 1.165) is 12.8 Å². The Morgan fingerprint density at radius 3 is 2.64 bits per heavy atom. The van der Waals surface area contributed by atoms with Crippen molar-refractivity contribution in [3.8, 4) is 0 Å². The quantitative estimate of drug-likeness (QED) is 0.705. The average molecular weight is 200 g/mol. The van der Waals surface area contributed by atoms with Crippen LogP contribution in [0.5, 0.6) is 0 Å². The van der Waals surface area contributed by atoms with Crippen LogP contribution >= 0.6 is 0 Å². The van der Waals surface area contributed by atoms with Gasteiger partial charge in [-0.3, -0.25) is 4.79 Å². The van der Waals surface area contributed by atoms with Crippen molar-refractivity contribution in [2.24, 2.45) is 5.92 Å². The fraction of sp³-hybridized carbons (Fsp3) is 0.909. The van der Waals surface area contributed by atoms with Crippen LogP contribution in [0, 0.1) is 5.92 Å². The molecule has 1 aliphatic rings. The summed E-state index contributed by atoms with van der Waals surface area (Å²) in [6, 6.07) is 0. The highest BCUT2D eigenvalue weighted by molar-refractivity contribution is 5.69. The van der Waals surface area contributed by atoms with Gasteiger partial charge < -0.3 is 9.84 Å². The number of carbonyl (C=O) groups is 1. The van der Waals surface area contributed by atoms with Gasteiger partial charge in [-0.2, -0.15) is 0 Å². The third-order valence-electron chi connectivity index (χ3n) is 3.07. The summed E-state index contributed by atoms with van der Waals surface area (Å²) in [6.07, 6.45) is 6.55. The highest BCUT2D eigenvalue weighted by Crippen LogP contribution is 2.28. The lowest BCUT2D eigenvalue weighted by Crippen LogP contribution is -2.23. The molecule has 14 heavy (non-hydrogen) atoms. The Morgan fingerprint density at radius 2 is 2.07 bits per heavy atom. The minimum atomic E-state index is -0.311. The SMILES string of the molecule is COC(=O)CCC(O)C1CCCCC1. The highest BCUT2D eigenvalue weighted by Gasteiger charge is 2.22. The molecule has 0 aromatic rings. The van der Waals surface area contributed by atoms with Gasteiger partial charge in [-0.25, -0.2) is 0 Å². The van der Waals surface area contributed by atoms with E-state index in [1.807, 2.05) is 0 Å². The maximum absolute atomic E-state index is 10.9. The molecule has 0 aliphatic heterocycles. The van der Waals surface area contributed by atoms with Crippen LogP contribution in [-0.2, 0) is 9.53 Å². The smallest absolute Gasteiger partial charge is 0.305 e. The molecule has 0 amide bonds. The molecule has 3 nitrogen and oxygen atoms in total. The number of ether oxygens (including phenoxy) is 1. The summed E-state index contributed by atoms with van der Waals surface area (Å²) in [5.41, 5.74) is 0. The first-order chi connectivity index (χ1) is 6.74. The second-order valence-electron chi connectivity index (χ2n) is 4.08. The van der Waals surface area contributed by atoms with Crippen molar-refractivity contribution in [1.82, 2.24) is 0 Å². The average Bonchev–Trinajstić information content (AvgIpc) is 2.26. The zero-order valence-corrected chi connectivity index (χ0v) is 8.87. The summed E-state index contributed by atoms with van der Waals surface area (Å²) in [5, 5.41) is 9.81. The van der Waals surface area contributed by atoms with Gasteiger partial charge in [0.2, 0.25) is 0 Å². The molecular weight excluding hydrogens is 180 g/mol. The number of rotatable bonds is 4. The highest BCUT2D eigenvalue weighted by atomic mass is 16.5. The molecule has 0 bridgehead atoms. The first-order valence-corrected chi connectivity index (χ1v) is 5.49. The standard InChI is InChI=1S/C11H20O3/c1-14-11(13)8-7-10(12)9-5-3-2-4-6-9/h9-10,12H,2-8H2,1H3. The Kier molecular flexibility index (Phi) is 4.94. The van der Waals surface area contributed by atoms with E-state index in [1.165, 1.54) is 26.4 Å². The van der Waals surface area contributed by atoms with Crippen molar-refractivity contribution in [2.75, 3.05) is 7.11 Å². The lowest BCUT2D eigenvalue weighted by Gasteiger charge is -2.26. The van der Waals surface area contributed by atoms with Crippen molar-refractivity contribution in [2.45, 2.75) is 51.0 Å². The molecule has 3 heteroatoms. The van der Waals surface area contributed by atoms with Crippen LogP contribution in [0.15, 0.2) is 0 Å². The number of carbonyl (C=O) groups excluding carboxylic acids is 1. The fourth-order valence-electron chi connectivity index (χ4n) is 2.12. The molecule has 0 radical (unpaired) electrons. The normalized spacial score (nSPS) is 20.4. The van der Waals surface area contributed by atoms with Gasteiger partial charge in [0.25, 0.3) is 0 Å². The number of esters is 1. The fourth-order valence-corrected chi connectivity index (χ4v) is 2.12. The van der Waals surface area contributed by atoms with E-state index in [0.29, 0.717) is 18.8 Å². The molecule has 1 unspecified atom stereocenters. The van der Waals surface area contributed by atoms with Crippen molar-refractivity contribution in [3.05, 3.63) is 0 Å². The molecule has 0 aromatic heterocycles. The van der Waals surface area contributed by atoms with Crippen LogP contribution in [0.4, 0.5) is 0 Å². The Hall–Kier alpha value is -0.570. The van der Waals surface area contributed by atoms with E-state index in [-0.39, 0.29) is 12.1 Å². The molecule has 1 saturated carbocycles. The monoisotopic (exact) mass is 200 g/mol. The molecular formula is C11H20O3. The largest absolute Gasteiger partial charge is 0.469 e. The maximum atomic E-state index is 10.9. The van der Waals surface area contributed by atoms with Crippen LogP contribution in [0.2, 0.25) is 0 Å². The Morgan fingerprint density at radius 1 is 1.43 bits per heavy atom. The maximum Gasteiger partial charge on any atom is 0.305 e. The van der Waals surface area contributed by atoms with Gasteiger partial charge in [0.05, 0.1) is 13.2 Å². The molecule has 1 rings (SSSR count). The molecule has 0 heterocycles. The van der Waals surface area contributed by atoms with Crippen molar-refractivity contribution < 1.29 is 14.6 Å². The van der Waals surface area contributed by atoms with Crippen molar-refractivity contribution >= 4 is 5.97 Å². The molecule has 1 N–H and O–H groups in total. The zero-order chi connectivity index (χ0) is 10.4. The predicted octanol–water partition coefficient (Wildman–Crippen LogP) is 1.88. The van der Waals surface area contributed by atoms with Gasteiger partial charge in [0.1, 0.15) is 0 Å². The number of aliphatic hydroxyl groups excluding tert-OH is 1. The number of hydrogen-bond acceptors (Lipinski definition) is 3. The third-order valence-corrected chi connectivity index (χ3v) is 3.07. The van der Waals surface area contributed by atoms with E-state index in [4.69, 9.17) is 0 Å². The molecule has 0 saturated heterocycles. The summed E-state index contributed by atoms with van der Waals surface area (Å²) in [6.45, 7) is 0. The Labute approximate surface area is 85.5 Å².